The van der Waals surface area contributed by atoms with Gasteiger partial charge in [0.05, 0.1) is 19.8 Å². The Kier molecular flexibility index (Phi) is 7.74. The standard InChI is InChI=1S/C24H30N4O5/c1-31-11-12-32-17-23(29)27-10-8-22(16-27)33-21-6-4-20(5-7-21)26-24(30)28-14-19(15-28)18-3-2-9-25-13-18/h2-7,9,13,19,22H,8,10-12,14-17H2,1H3,(H,26,30)/t22-/m1/s1. The largest absolute Gasteiger partial charge is 0.489 e. The van der Waals surface area contributed by atoms with Gasteiger partial charge in [0, 0.05) is 57.2 Å². The summed E-state index contributed by atoms with van der Waals surface area (Å²) in [7, 11) is 1.60. The van der Waals surface area contributed by atoms with E-state index in [1.54, 1.807) is 23.1 Å². The van der Waals surface area contributed by atoms with Gasteiger partial charge in [-0.05, 0) is 35.9 Å². The number of carbonyl (C=O) groups is 2. The van der Waals surface area contributed by atoms with E-state index in [-0.39, 0.29) is 24.6 Å². The van der Waals surface area contributed by atoms with Gasteiger partial charge >= 0.3 is 6.03 Å². The summed E-state index contributed by atoms with van der Waals surface area (Å²) in [5.74, 6) is 1.02. The number of hydrogen-bond acceptors (Lipinski definition) is 6. The first-order valence-electron chi connectivity index (χ1n) is 11.2. The summed E-state index contributed by atoms with van der Waals surface area (Å²) in [6.07, 6.45) is 4.33. The number of pyridine rings is 1. The monoisotopic (exact) mass is 454 g/mol. The number of benzene rings is 1. The highest BCUT2D eigenvalue weighted by Crippen LogP contribution is 2.27. The van der Waals surface area contributed by atoms with Crippen LogP contribution in [0.15, 0.2) is 48.8 Å². The molecule has 0 radical (unpaired) electrons. The van der Waals surface area contributed by atoms with Gasteiger partial charge in [-0.2, -0.15) is 0 Å². The molecule has 0 unspecified atom stereocenters. The summed E-state index contributed by atoms with van der Waals surface area (Å²) in [6, 6.07) is 11.2. The van der Waals surface area contributed by atoms with E-state index < -0.39 is 0 Å². The molecule has 1 aromatic heterocycles. The predicted molar refractivity (Wildman–Crippen MR) is 122 cm³/mol. The van der Waals surface area contributed by atoms with Crippen molar-refractivity contribution >= 4 is 17.6 Å². The number of carbonyl (C=O) groups excluding carboxylic acids is 2. The maximum Gasteiger partial charge on any atom is 0.321 e. The smallest absolute Gasteiger partial charge is 0.321 e. The topological polar surface area (TPSA) is 93.2 Å². The molecule has 0 bridgehead atoms. The lowest BCUT2D eigenvalue weighted by Crippen LogP contribution is -2.50. The van der Waals surface area contributed by atoms with Crippen LogP contribution in [0.1, 0.15) is 17.9 Å². The van der Waals surface area contributed by atoms with E-state index in [1.165, 1.54) is 0 Å². The number of likely N-dealkylation sites (tertiary alicyclic amines) is 2. The van der Waals surface area contributed by atoms with E-state index in [4.69, 9.17) is 14.2 Å². The second-order valence-corrected chi connectivity index (χ2v) is 8.26. The number of anilines is 1. The van der Waals surface area contributed by atoms with E-state index in [0.717, 1.165) is 12.0 Å². The van der Waals surface area contributed by atoms with Crippen molar-refractivity contribution in [3.05, 3.63) is 54.4 Å². The maximum atomic E-state index is 12.5. The third kappa shape index (κ3) is 6.21. The van der Waals surface area contributed by atoms with E-state index in [0.29, 0.717) is 56.7 Å². The molecule has 0 saturated carbocycles. The number of ether oxygens (including phenoxy) is 3. The maximum absolute atomic E-state index is 12.5. The lowest BCUT2D eigenvalue weighted by atomic mass is 9.93. The molecule has 176 valence electrons. The summed E-state index contributed by atoms with van der Waals surface area (Å²) in [4.78, 5) is 32.3. The lowest BCUT2D eigenvalue weighted by Gasteiger charge is -2.39. The molecule has 2 fully saturated rings. The van der Waals surface area contributed by atoms with Gasteiger partial charge in [-0.1, -0.05) is 6.07 Å². The van der Waals surface area contributed by atoms with Gasteiger partial charge in [-0.3, -0.25) is 9.78 Å². The van der Waals surface area contributed by atoms with Crippen LogP contribution in [0.4, 0.5) is 10.5 Å². The van der Waals surface area contributed by atoms with Gasteiger partial charge < -0.3 is 29.3 Å². The Bertz CT molecular complexity index is 918. The minimum absolute atomic E-state index is 0.0352. The zero-order chi connectivity index (χ0) is 23.0. The summed E-state index contributed by atoms with van der Waals surface area (Å²) in [6.45, 7) is 3.50. The molecule has 2 aliphatic heterocycles. The summed E-state index contributed by atoms with van der Waals surface area (Å²) in [5.41, 5.74) is 1.88. The number of amides is 3. The summed E-state index contributed by atoms with van der Waals surface area (Å²) < 4.78 is 16.2. The Morgan fingerprint density at radius 3 is 2.64 bits per heavy atom. The zero-order valence-corrected chi connectivity index (χ0v) is 18.8. The molecule has 3 heterocycles. The second-order valence-electron chi connectivity index (χ2n) is 8.26. The van der Waals surface area contributed by atoms with Crippen molar-refractivity contribution in [2.75, 3.05) is 58.4 Å². The zero-order valence-electron chi connectivity index (χ0n) is 18.8. The van der Waals surface area contributed by atoms with Crippen LogP contribution in [0.2, 0.25) is 0 Å². The molecular formula is C24H30N4O5. The second kappa shape index (κ2) is 11.1. The first kappa shape index (κ1) is 23.0. The molecule has 1 aromatic carbocycles. The van der Waals surface area contributed by atoms with Crippen molar-refractivity contribution < 1.29 is 23.8 Å². The van der Waals surface area contributed by atoms with E-state index in [1.807, 2.05) is 42.6 Å². The fourth-order valence-electron chi connectivity index (χ4n) is 3.93. The van der Waals surface area contributed by atoms with Crippen molar-refractivity contribution in [3.63, 3.8) is 0 Å². The van der Waals surface area contributed by atoms with Crippen molar-refractivity contribution in [1.82, 2.24) is 14.8 Å². The fraction of sp³-hybridized carbons (Fsp3) is 0.458. The highest BCUT2D eigenvalue weighted by Gasteiger charge is 2.32. The molecule has 1 atom stereocenters. The molecule has 4 rings (SSSR count). The first-order valence-corrected chi connectivity index (χ1v) is 11.2. The van der Waals surface area contributed by atoms with Gasteiger partial charge in [0.25, 0.3) is 0 Å². The Morgan fingerprint density at radius 2 is 1.91 bits per heavy atom. The molecule has 2 aliphatic rings. The molecule has 3 amide bonds. The van der Waals surface area contributed by atoms with Crippen LogP contribution in [0.3, 0.4) is 0 Å². The van der Waals surface area contributed by atoms with Gasteiger partial charge in [0.1, 0.15) is 18.5 Å². The van der Waals surface area contributed by atoms with E-state index in [9.17, 15) is 9.59 Å². The van der Waals surface area contributed by atoms with Crippen LogP contribution in [0.25, 0.3) is 0 Å². The SMILES string of the molecule is COCCOCC(=O)N1CC[C@@H](Oc2ccc(NC(=O)N3CC(c4cccnc4)C3)cc2)C1. The number of methoxy groups -OCH3 is 1. The van der Waals surface area contributed by atoms with Gasteiger partial charge in [-0.25, -0.2) is 4.79 Å². The number of aromatic nitrogens is 1. The third-order valence-electron chi connectivity index (χ3n) is 5.89. The van der Waals surface area contributed by atoms with Crippen molar-refractivity contribution in [1.29, 1.82) is 0 Å². The van der Waals surface area contributed by atoms with Crippen LogP contribution in [0.5, 0.6) is 5.75 Å². The van der Waals surface area contributed by atoms with Gasteiger partial charge in [-0.15, -0.1) is 0 Å². The quantitative estimate of drug-likeness (QED) is 0.585. The highest BCUT2D eigenvalue weighted by atomic mass is 16.5. The Hall–Kier alpha value is -3.17. The van der Waals surface area contributed by atoms with Crippen molar-refractivity contribution in [3.8, 4) is 5.75 Å². The molecule has 9 nitrogen and oxygen atoms in total. The molecule has 9 heteroatoms. The molecular weight excluding hydrogens is 424 g/mol. The Balaban J connectivity index is 1.18. The Labute approximate surface area is 193 Å². The van der Waals surface area contributed by atoms with Crippen LogP contribution < -0.4 is 10.1 Å². The molecule has 2 aromatic rings. The van der Waals surface area contributed by atoms with Gasteiger partial charge in [0.15, 0.2) is 0 Å². The fourth-order valence-corrected chi connectivity index (χ4v) is 3.93. The van der Waals surface area contributed by atoms with Crippen LogP contribution in [-0.4, -0.2) is 85.9 Å². The summed E-state index contributed by atoms with van der Waals surface area (Å²) >= 11 is 0. The Morgan fingerprint density at radius 1 is 1.09 bits per heavy atom. The van der Waals surface area contributed by atoms with E-state index in [2.05, 4.69) is 10.3 Å². The lowest BCUT2D eigenvalue weighted by molar-refractivity contribution is -0.135. The van der Waals surface area contributed by atoms with Crippen LogP contribution in [0, 0.1) is 0 Å². The average molecular weight is 455 g/mol. The predicted octanol–water partition coefficient (Wildman–Crippen LogP) is 2.36. The molecule has 0 aliphatic carbocycles. The number of hydrogen-bond donors (Lipinski definition) is 1. The summed E-state index contributed by atoms with van der Waals surface area (Å²) in [5, 5.41) is 2.93. The van der Waals surface area contributed by atoms with Crippen molar-refractivity contribution in [2.24, 2.45) is 0 Å². The number of nitrogens with zero attached hydrogens (tertiary/aromatic N) is 3. The molecule has 1 N–H and O–H groups in total. The van der Waals surface area contributed by atoms with Gasteiger partial charge in [0.2, 0.25) is 5.91 Å². The number of nitrogens with one attached hydrogen (secondary N) is 1. The number of urea groups is 1. The van der Waals surface area contributed by atoms with Crippen molar-refractivity contribution in [2.45, 2.75) is 18.4 Å². The van der Waals surface area contributed by atoms with Crippen LogP contribution in [-0.2, 0) is 14.3 Å². The number of rotatable bonds is 9. The molecule has 0 spiro atoms. The highest BCUT2D eigenvalue weighted by molar-refractivity contribution is 5.90. The normalized spacial score (nSPS) is 18.2. The minimum atomic E-state index is -0.110. The third-order valence-corrected chi connectivity index (χ3v) is 5.89. The molecule has 2 saturated heterocycles. The van der Waals surface area contributed by atoms with Crippen LogP contribution >= 0.6 is 0 Å². The first-order chi connectivity index (χ1) is 16.1. The minimum Gasteiger partial charge on any atom is -0.489 e. The van der Waals surface area contributed by atoms with E-state index >= 15 is 0 Å². The average Bonchev–Trinajstić information content (AvgIpc) is 3.26. The molecule has 33 heavy (non-hydrogen) atoms.